The summed E-state index contributed by atoms with van der Waals surface area (Å²) >= 11 is 0. The highest BCUT2D eigenvalue weighted by Gasteiger charge is 2.20. The van der Waals surface area contributed by atoms with Crippen LogP contribution in [0.4, 0.5) is 15.8 Å². The average molecular weight is 236 g/mol. The minimum Gasteiger partial charge on any atom is -0.397 e. The predicted octanol–water partition coefficient (Wildman–Crippen LogP) is 3.34. The van der Waals surface area contributed by atoms with Crippen molar-refractivity contribution in [1.82, 2.24) is 0 Å². The molecule has 2 N–H and O–H groups in total. The normalized spacial score (nSPS) is 20.6. The van der Waals surface area contributed by atoms with E-state index in [4.69, 9.17) is 5.73 Å². The first-order valence-corrected chi connectivity index (χ1v) is 6.42. The molecule has 3 heteroatoms. The molecule has 0 radical (unpaired) electrons. The molecule has 94 valence electrons. The van der Waals surface area contributed by atoms with Gasteiger partial charge in [-0.15, -0.1) is 0 Å². The Morgan fingerprint density at radius 1 is 1.47 bits per heavy atom. The van der Waals surface area contributed by atoms with Crippen molar-refractivity contribution in [1.29, 1.82) is 0 Å². The number of benzene rings is 1. The Morgan fingerprint density at radius 2 is 2.24 bits per heavy atom. The lowest BCUT2D eigenvalue weighted by Crippen LogP contribution is -2.35. The maximum absolute atomic E-state index is 13.4. The summed E-state index contributed by atoms with van der Waals surface area (Å²) in [5.41, 5.74) is 8.16. The molecular weight excluding hydrogens is 215 g/mol. The summed E-state index contributed by atoms with van der Waals surface area (Å²) in [6.45, 7) is 6.10. The fraction of sp³-hybridized carbons (Fsp3) is 0.571. The van der Waals surface area contributed by atoms with Crippen molar-refractivity contribution in [3.8, 4) is 0 Å². The van der Waals surface area contributed by atoms with Crippen molar-refractivity contribution in [2.75, 3.05) is 23.7 Å². The summed E-state index contributed by atoms with van der Waals surface area (Å²) in [6, 6.07) is 3.32. The van der Waals surface area contributed by atoms with Crippen molar-refractivity contribution in [2.24, 2.45) is 5.92 Å². The van der Waals surface area contributed by atoms with Crippen molar-refractivity contribution >= 4 is 11.4 Å². The molecule has 17 heavy (non-hydrogen) atoms. The third-order valence-electron chi connectivity index (χ3n) is 3.74. The van der Waals surface area contributed by atoms with Crippen LogP contribution in [0, 0.1) is 18.7 Å². The third kappa shape index (κ3) is 2.54. The number of piperidine rings is 1. The van der Waals surface area contributed by atoms with Gasteiger partial charge in [0, 0.05) is 13.1 Å². The van der Waals surface area contributed by atoms with Crippen molar-refractivity contribution in [3.63, 3.8) is 0 Å². The second-order valence-electron chi connectivity index (χ2n) is 5.02. The Morgan fingerprint density at radius 3 is 2.94 bits per heavy atom. The number of rotatable bonds is 2. The van der Waals surface area contributed by atoms with E-state index in [-0.39, 0.29) is 5.82 Å². The van der Waals surface area contributed by atoms with Gasteiger partial charge < -0.3 is 10.6 Å². The molecule has 1 aromatic rings. The molecule has 1 fully saturated rings. The Balaban J connectivity index is 2.24. The molecule has 0 amide bonds. The lowest BCUT2D eigenvalue weighted by Gasteiger charge is -2.35. The van der Waals surface area contributed by atoms with Gasteiger partial charge in [0.25, 0.3) is 0 Å². The quantitative estimate of drug-likeness (QED) is 0.798. The van der Waals surface area contributed by atoms with Gasteiger partial charge in [-0.2, -0.15) is 0 Å². The van der Waals surface area contributed by atoms with E-state index in [0.717, 1.165) is 24.7 Å². The van der Waals surface area contributed by atoms with Crippen LogP contribution in [0.3, 0.4) is 0 Å². The Bertz CT molecular complexity index is 403. The van der Waals surface area contributed by atoms with Crippen LogP contribution in [0.5, 0.6) is 0 Å². The smallest absolute Gasteiger partial charge is 0.128 e. The largest absolute Gasteiger partial charge is 0.397 e. The maximum Gasteiger partial charge on any atom is 0.128 e. The van der Waals surface area contributed by atoms with Crippen molar-refractivity contribution in [3.05, 3.63) is 23.5 Å². The number of nitrogens with zero attached hydrogens (tertiary/aromatic N) is 1. The Kier molecular flexibility index (Phi) is 3.55. The number of halogens is 1. The highest BCUT2D eigenvalue weighted by molar-refractivity contribution is 5.69. The number of hydrogen-bond acceptors (Lipinski definition) is 2. The number of hydrogen-bond donors (Lipinski definition) is 1. The second kappa shape index (κ2) is 4.94. The van der Waals surface area contributed by atoms with E-state index in [1.54, 1.807) is 6.92 Å². The molecule has 0 bridgehead atoms. The number of nitrogen functional groups attached to an aromatic ring is 1. The van der Waals surface area contributed by atoms with Crippen LogP contribution < -0.4 is 10.6 Å². The zero-order chi connectivity index (χ0) is 12.4. The summed E-state index contributed by atoms with van der Waals surface area (Å²) < 4.78 is 13.4. The molecule has 1 saturated heterocycles. The monoisotopic (exact) mass is 236 g/mol. The Hall–Kier alpha value is -1.25. The van der Waals surface area contributed by atoms with Gasteiger partial charge in [-0.3, -0.25) is 0 Å². The van der Waals surface area contributed by atoms with Crippen molar-refractivity contribution in [2.45, 2.75) is 33.1 Å². The summed E-state index contributed by atoms with van der Waals surface area (Å²) in [5, 5.41) is 0. The third-order valence-corrected chi connectivity index (χ3v) is 3.74. The van der Waals surface area contributed by atoms with E-state index in [1.165, 1.54) is 25.3 Å². The molecule has 1 aromatic carbocycles. The first-order valence-electron chi connectivity index (χ1n) is 6.42. The fourth-order valence-electron chi connectivity index (χ4n) is 2.57. The molecule has 0 spiro atoms. The number of nitrogens with two attached hydrogens (primary N) is 1. The van der Waals surface area contributed by atoms with Crippen LogP contribution >= 0.6 is 0 Å². The first kappa shape index (κ1) is 12.2. The summed E-state index contributed by atoms with van der Waals surface area (Å²) in [5.74, 6) is 0.531. The zero-order valence-corrected chi connectivity index (χ0v) is 10.7. The maximum atomic E-state index is 13.4. The molecule has 1 unspecified atom stereocenters. The lowest BCUT2D eigenvalue weighted by molar-refractivity contribution is 0.405. The summed E-state index contributed by atoms with van der Waals surface area (Å²) in [4.78, 5) is 2.31. The zero-order valence-electron chi connectivity index (χ0n) is 10.7. The summed E-state index contributed by atoms with van der Waals surface area (Å²) in [6.07, 6.45) is 3.71. The van der Waals surface area contributed by atoms with Gasteiger partial charge in [-0.1, -0.05) is 13.3 Å². The number of aryl methyl sites for hydroxylation is 1. The van der Waals surface area contributed by atoms with Crippen LogP contribution in [0.15, 0.2) is 12.1 Å². The topological polar surface area (TPSA) is 29.3 Å². The SMILES string of the molecule is CCC1CCCN(c2cc(C)c(F)cc2N)C1. The fourth-order valence-corrected chi connectivity index (χ4v) is 2.57. The van der Waals surface area contributed by atoms with Crippen molar-refractivity contribution < 1.29 is 4.39 Å². The molecule has 1 aliphatic heterocycles. The minimum absolute atomic E-state index is 0.213. The standard InChI is InChI=1S/C14H21FN2/c1-3-11-5-4-6-17(9-11)14-7-10(2)12(15)8-13(14)16/h7-8,11H,3-6,9,16H2,1-2H3. The molecule has 2 rings (SSSR count). The molecule has 2 nitrogen and oxygen atoms in total. The summed E-state index contributed by atoms with van der Waals surface area (Å²) in [7, 11) is 0. The molecular formula is C14H21FN2. The van der Waals surface area contributed by atoms with E-state index in [1.807, 2.05) is 6.07 Å². The molecule has 1 aliphatic rings. The van der Waals surface area contributed by atoms with Gasteiger partial charge in [0.15, 0.2) is 0 Å². The van der Waals surface area contributed by atoms with Gasteiger partial charge in [0.1, 0.15) is 5.82 Å². The molecule has 0 aromatic heterocycles. The van der Waals surface area contributed by atoms with E-state index >= 15 is 0 Å². The second-order valence-corrected chi connectivity index (χ2v) is 5.02. The highest BCUT2D eigenvalue weighted by atomic mass is 19.1. The van der Waals surface area contributed by atoms with Crippen LogP contribution in [-0.4, -0.2) is 13.1 Å². The number of anilines is 2. The van der Waals surface area contributed by atoms with Crippen LogP contribution in [0.1, 0.15) is 31.7 Å². The Labute approximate surface area is 103 Å². The molecule has 1 heterocycles. The van der Waals surface area contributed by atoms with E-state index < -0.39 is 0 Å². The van der Waals surface area contributed by atoms with Crippen LogP contribution in [-0.2, 0) is 0 Å². The van der Waals surface area contributed by atoms with Crippen LogP contribution in [0.25, 0.3) is 0 Å². The molecule has 0 aliphatic carbocycles. The van der Waals surface area contributed by atoms with Gasteiger partial charge in [-0.05, 0) is 43.4 Å². The predicted molar refractivity (Wildman–Crippen MR) is 70.8 cm³/mol. The molecule has 1 atom stereocenters. The van der Waals surface area contributed by atoms with Gasteiger partial charge in [-0.25, -0.2) is 4.39 Å². The van der Waals surface area contributed by atoms with E-state index in [9.17, 15) is 4.39 Å². The highest BCUT2D eigenvalue weighted by Crippen LogP contribution is 2.31. The van der Waals surface area contributed by atoms with E-state index in [0.29, 0.717) is 11.3 Å². The lowest BCUT2D eigenvalue weighted by atomic mass is 9.95. The van der Waals surface area contributed by atoms with Crippen LogP contribution in [0.2, 0.25) is 0 Å². The van der Waals surface area contributed by atoms with Gasteiger partial charge in [0.2, 0.25) is 0 Å². The van der Waals surface area contributed by atoms with Gasteiger partial charge >= 0.3 is 0 Å². The van der Waals surface area contributed by atoms with E-state index in [2.05, 4.69) is 11.8 Å². The van der Waals surface area contributed by atoms with Gasteiger partial charge in [0.05, 0.1) is 11.4 Å². The average Bonchev–Trinajstić information content (AvgIpc) is 2.34. The first-order chi connectivity index (χ1) is 8.11. The minimum atomic E-state index is -0.213. The molecule has 0 saturated carbocycles.